The topological polar surface area (TPSA) is 65.5 Å². The van der Waals surface area contributed by atoms with E-state index in [2.05, 4.69) is 29.0 Å². The molecule has 0 unspecified atom stereocenters. The molecule has 6 heteroatoms. The molecule has 154 valence electrons. The third-order valence-electron chi connectivity index (χ3n) is 5.93. The Balaban J connectivity index is 1.44. The van der Waals surface area contributed by atoms with E-state index in [0.717, 1.165) is 57.4 Å². The number of carbonyl (C=O) groups excluding carboxylic acids is 2. The second-order valence-electron chi connectivity index (χ2n) is 8.62. The molecule has 3 rings (SSSR count). The van der Waals surface area contributed by atoms with Crippen molar-refractivity contribution >= 4 is 11.8 Å². The number of piperidine rings is 2. The molecular formula is C22H34N4O2. The molecule has 2 fully saturated rings. The zero-order valence-electron chi connectivity index (χ0n) is 17.3. The van der Waals surface area contributed by atoms with E-state index < -0.39 is 0 Å². The Morgan fingerprint density at radius 1 is 1.21 bits per heavy atom. The van der Waals surface area contributed by atoms with Gasteiger partial charge in [-0.2, -0.15) is 0 Å². The fraction of sp³-hybridized carbons (Fsp3) is 0.682. The predicted octanol–water partition coefficient (Wildman–Crippen LogP) is 2.45. The second-order valence-corrected chi connectivity index (χ2v) is 8.62. The normalized spacial score (nSPS) is 21.7. The third kappa shape index (κ3) is 5.77. The molecule has 6 nitrogen and oxygen atoms in total. The summed E-state index contributed by atoms with van der Waals surface area (Å²) in [6.07, 6.45) is 8.25. The lowest BCUT2D eigenvalue weighted by atomic mass is 9.93. The van der Waals surface area contributed by atoms with E-state index in [4.69, 9.17) is 0 Å². The minimum Gasteiger partial charge on any atom is -0.352 e. The summed E-state index contributed by atoms with van der Waals surface area (Å²) in [5.41, 5.74) is 1.03. The highest BCUT2D eigenvalue weighted by atomic mass is 16.2. The van der Waals surface area contributed by atoms with Crippen molar-refractivity contribution in [3.63, 3.8) is 0 Å². The van der Waals surface area contributed by atoms with Gasteiger partial charge in [0.25, 0.3) is 0 Å². The molecule has 0 radical (unpaired) electrons. The van der Waals surface area contributed by atoms with Crippen LogP contribution in [0.1, 0.15) is 51.5 Å². The van der Waals surface area contributed by atoms with Gasteiger partial charge in [0.2, 0.25) is 11.8 Å². The maximum absolute atomic E-state index is 12.6. The molecule has 0 aliphatic carbocycles. The number of hydrogen-bond donors (Lipinski definition) is 1. The highest BCUT2D eigenvalue weighted by Crippen LogP contribution is 2.24. The summed E-state index contributed by atoms with van der Waals surface area (Å²) >= 11 is 0. The van der Waals surface area contributed by atoms with Crippen molar-refractivity contribution in [1.82, 2.24) is 20.1 Å². The van der Waals surface area contributed by atoms with E-state index in [1.54, 1.807) is 12.4 Å². The fourth-order valence-corrected chi connectivity index (χ4v) is 4.35. The van der Waals surface area contributed by atoms with Gasteiger partial charge in [0, 0.05) is 51.0 Å². The molecular weight excluding hydrogens is 352 g/mol. The second kappa shape index (κ2) is 10.0. The van der Waals surface area contributed by atoms with Crippen molar-refractivity contribution in [1.29, 1.82) is 0 Å². The van der Waals surface area contributed by atoms with Gasteiger partial charge in [-0.3, -0.25) is 19.5 Å². The van der Waals surface area contributed by atoms with Crippen LogP contribution in [-0.4, -0.2) is 58.8 Å². The van der Waals surface area contributed by atoms with Gasteiger partial charge in [-0.05, 0) is 49.8 Å². The van der Waals surface area contributed by atoms with Crippen LogP contribution in [0.3, 0.4) is 0 Å². The van der Waals surface area contributed by atoms with Crippen LogP contribution in [0.4, 0.5) is 0 Å². The first-order valence-electron chi connectivity index (χ1n) is 10.7. The Labute approximate surface area is 168 Å². The van der Waals surface area contributed by atoms with Crippen molar-refractivity contribution in [3.8, 4) is 0 Å². The van der Waals surface area contributed by atoms with Crippen molar-refractivity contribution in [3.05, 3.63) is 30.1 Å². The van der Waals surface area contributed by atoms with E-state index in [9.17, 15) is 9.59 Å². The monoisotopic (exact) mass is 386 g/mol. The molecule has 1 aromatic rings. The molecule has 3 heterocycles. The maximum Gasteiger partial charge on any atom is 0.224 e. The van der Waals surface area contributed by atoms with Gasteiger partial charge in [-0.25, -0.2) is 0 Å². The number of rotatable bonds is 6. The molecule has 2 aliphatic rings. The van der Waals surface area contributed by atoms with Crippen LogP contribution in [0.25, 0.3) is 0 Å². The Morgan fingerprint density at radius 2 is 2.00 bits per heavy atom. The minimum atomic E-state index is 0.0611. The average Bonchev–Trinajstić information content (AvgIpc) is 2.72. The first kappa shape index (κ1) is 20.8. The van der Waals surface area contributed by atoms with E-state index in [1.807, 2.05) is 17.0 Å². The molecule has 0 aromatic carbocycles. The van der Waals surface area contributed by atoms with Gasteiger partial charge in [0.1, 0.15) is 0 Å². The van der Waals surface area contributed by atoms with Crippen molar-refractivity contribution in [2.75, 3.05) is 26.2 Å². The summed E-state index contributed by atoms with van der Waals surface area (Å²) in [5, 5.41) is 3.07. The standard InChI is InChI=1S/C22H34N4O2/c1-17(2)13-21(27)25-11-7-20(8-12-25)26-10-4-6-19(16-26)22(28)24-15-18-5-3-9-23-14-18/h3,5,9,14,17,19-20H,4,6-8,10-13,15-16H2,1-2H3,(H,24,28)/t19-/m0/s1. The first-order valence-corrected chi connectivity index (χ1v) is 10.7. The molecule has 1 atom stereocenters. The lowest BCUT2D eigenvalue weighted by Crippen LogP contribution is -2.51. The highest BCUT2D eigenvalue weighted by Gasteiger charge is 2.32. The van der Waals surface area contributed by atoms with Crippen LogP contribution in [0, 0.1) is 11.8 Å². The minimum absolute atomic E-state index is 0.0611. The summed E-state index contributed by atoms with van der Waals surface area (Å²) in [6, 6.07) is 4.37. The fourth-order valence-electron chi connectivity index (χ4n) is 4.35. The molecule has 0 spiro atoms. The van der Waals surface area contributed by atoms with Crippen LogP contribution in [0.2, 0.25) is 0 Å². The number of pyridine rings is 1. The predicted molar refractivity (Wildman–Crippen MR) is 109 cm³/mol. The molecule has 1 N–H and O–H groups in total. The van der Waals surface area contributed by atoms with E-state index >= 15 is 0 Å². The Kier molecular flexibility index (Phi) is 7.43. The van der Waals surface area contributed by atoms with Crippen LogP contribution >= 0.6 is 0 Å². The SMILES string of the molecule is CC(C)CC(=O)N1CCC(N2CCC[C@H](C(=O)NCc3cccnc3)C2)CC1. The molecule has 2 aliphatic heterocycles. The molecule has 0 saturated carbocycles. The van der Waals surface area contributed by atoms with Crippen molar-refractivity contribution in [2.24, 2.45) is 11.8 Å². The van der Waals surface area contributed by atoms with E-state index in [-0.39, 0.29) is 11.8 Å². The number of hydrogen-bond acceptors (Lipinski definition) is 4. The van der Waals surface area contributed by atoms with Gasteiger partial charge in [-0.15, -0.1) is 0 Å². The number of nitrogens with zero attached hydrogens (tertiary/aromatic N) is 3. The van der Waals surface area contributed by atoms with Gasteiger partial charge in [0.15, 0.2) is 0 Å². The lowest BCUT2D eigenvalue weighted by Gasteiger charge is -2.42. The quantitative estimate of drug-likeness (QED) is 0.816. The Hall–Kier alpha value is -1.95. The Morgan fingerprint density at radius 3 is 2.68 bits per heavy atom. The molecule has 1 aromatic heterocycles. The highest BCUT2D eigenvalue weighted by molar-refractivity contribution is 5.79. The number of carbonyl (C=O) groups is 2. The number of likely N-dealkylation sites (tertiary alicyclic amines) is 2. The van der Waals surface area contributed by atoms with Crippen LogP contribution in [0.15, 0.2) is 24.5 Å². The van der Waals surface area contributed by atoms with Crippen molar-refractivity contribution in [2.45, 2.75) is 58.5 Å². The third-order valence-corrected chi connectivity index (χ3v) is 5.93. The number of aromatic nitrogens is 1. The van der Waals surface area contributed by atoms with Crippen molar-refractivity contribution < 1.29 is 9.59 Å². The van der Waals surface area contributed by atoms with Gasteiger partial charge >= 0.3 is 0 Å². The van der Waals surface area contributed by atoms with E-state index in [1.165, 1.54) is 0 Å². The summed E-state index contributed by atoms with van der Waals surface area (Å²) in [6.45, 7) is 8.34. The lowest BCUT2D eigenvalue weighted by molar-refractivity contribution is -0.133. The molecule has 0 bridgehead atoms. The number of nitrogens with one attached hydrogen (secondary N) is 1. The van der Waals surface area contributed by atoms with Crippen LogP contribution in [0.5, 0.6) is 0 Å². The molecule has 2 amide bonds. The maximum atomic E-state index is 12.6. The number of amides is 2. The molecule has 28 heavy (non-hydrogen) atoms. The van der Waals surface area contributed by atoms with Gasteiger partial charge in [0.05, 0.1) is 5.92 Å². The van der Waals surface area contributed by atoms with Crippen LogP contribution < -0.4 is 5.32 Å². The van der Waals surface area contributed by atoms with Gasteiger partial charge in [-0.1, -0.05) is 19.9 Å². The first-order chi connectivity index (χ1) is 13.5. The summed E-state index contributed by atoms with van der Waals surface area (Å²) in [4.78, 5) is 33.5. The average molecular weight is 387 g/mol. The smallest absolute Gasteiger partial charge is 0.224 e. The van der Waals surface area contributed by atoms with Crippen LogP contribution in [-0.2, 0) is 16.1 Å². The summed E-state index contributed by atoms with van der Waals surface area (Å²) in [5.74, 6) is 0.919. The summed E-state index contributed by atoms with van der Waals surface area (Å²) in [7, 11) is 0. The van der Waals surface area contributed by atoms with Gasteiger partial charge < -0.3 is 10.2 Å². The zero-order valence-corrected chi connectivity index (χ0v) is 17.3. The summed E-state index contributed by atoms with van der Waals surface area (Å²) < 4.78 is 0. The molecule has 2 saturated heterocycles. The zero-order chi connectivity index (χ0) is 19.9. The van der Waals surface area contributed by atoms with E-state index in [0.29, 0.717) is 30.8 Å². The largest absolute Gasteiger partial charge is 0.352 e. The Bertz CT molecular complexity index is 641.